The molecule has 4 N–H and O–H groups in total. The predicted molar refractivity (Wildman–Crippen MR) is 61.3 cm³/mol. The van der Waals surface area contributed by atoms with Crippen molar-refractivity contribution >= 4 is 0 Å². The van der Waals surface area contributed by atoms with E-state index in [4.69, 9.17) is 11.5 Å². The van der Waals surface area contributed by atoms with E-state index in [-0.39, 0.29) is 6.04 Å². The number of nitrogens with two attached hydrogens (primary N) is 2. The summed E-state index contributed by atoms with van der Waals surface area (Å²) in [4.78, 5) is 0. The molecule has 0 saturated heterocycles. The van der Waals surface area contributed by atoms with Gasteiger partial charge in [-0.3, -0.25) is 0 Å². The van der Waals surface area contributed by atoms with Crippen molar-refractivity contribution in [2.75, 3.05) is 6.54 Å². The maximum atomic E-state index is 6.08. The minimum Gasteiger partial charge on any atom is -0.330 e. The van der Waals surface area contributed by atoms with Gasteiger partial charge in [0.1, 0.15) is 0 Å². The Morgan fingerprint density at radius 1 is 1.14 bits per heavy atom. The summed E-state index contributed by atoms with van der Waals surface area (Å²) in [7, 11) is 0. The summed E-state index contributed by atoms with van der Waals surface area (Å²) in [5.41, 5.74) is 16.7. The average Bonchev–Trinajstić information content (AvgIpc) is 2.01. The van der Waals surface area contributed by atoms with Crippen LogP contribution in [-0.4, -0.2) is 6.54 Å². The summed E-state index contributed by atoms with van der Waals surface area (Å²) in [5, 5.41) is 0. The molecule has 0 aromatic heterocycles. The van der Waals surface area contributed by atoms with Crippen molar-refractivity contribution in [1.82, 2.24) is 0 Å². The van der Waals surface area contributed by atoms with Crippen LogP contribution in [0.5, 0.6) is 0 Å². The van der Waals surface area contributed by atoms with Gasteiger partial charge in [-0.1, -0.05) is 17.7 Å². The highest BCUT2D eigenvalue weighted by atomic mass is 14.7. The van der Waals surface area contributed by atoms with Crippen molar-refractivity contribution in [3.8, 4) is 0 Å². The van der Waals surface area contributed by atoms with Gasteiger partial charge >= 0.3 is 0 Å². The number of benzene rings is 1. The maximum Gasteiger partial charge on any atom is 0.0312 e. The molecule has 0 aliphatic rings. The van der Waals surface area contributed by atoms with E-state index in [0.29, 0.717) is 6.54 Å². The Morgan fingerprint density at radius 2 is 1.64 bits per heavy atom. The first kappa shape index (κ1) is 11.2. The van der Waals surface area contributed by atoms with Crippen LogP contribution in [0.4, 0.5) is 0 Å². The molecule has 1 aromatic rings. The highest BCUT2D eigenvalue weighted by molar-refractivity contribution is 5.39. The molecule has 1 unspecified atom stereocenters. The van der Waals surface area contributed by atoms with Crippen LogP contribution in [0.25, 0.3) is 0 Å². The summed E-state index contributed by atoms with van der Waals surface area (Å²) in [5.74, 6) is 0. The van der Waals surface area contributed by atoms with Gasteiger partial charge in [-0.25, -0.2) is 0 Å². The fourth-order valence-electron chi connectivity index (χ4n) is 2.10. The zero-order chi connectivity index (χ0) is 10.7. The van der Waals surface area contributed by atoms with Crippen LogP contribution in [0.1, 0.15) is 34.7 Å². The first-order valence-electron chi connectivity index (χ1n) is 5.09. The van der Waals surface area contributed by atoms with Gasteiger partial charge in [0.05, 0.1) is 0 Å². The Bertz CT molecular complexity index is 295. The molecule has 0 bridgehead atoms. The monoisotopic (exact) mass is 192 g/mol. The van der Waals surface area contributed by atoms with Crippen molar-refractivity contribution in [2.24, 2.45) is 11.5 Å². The third kappa shape index (κ3) is 2.34. The molecular formula is C12H20N2. The van der Waals surface area contributed by atoms with E-state index >= 15 is 0 Å². The van der Waals surface area contributed by atoms with E-state index in [1.54, 1.807) is 0 Å². The van der Waals surface area contributed by atoms with Gasteiger partial charge in [0, 0.05) is 6.04 Å². The zero-order valence-electron chi connectivity index (χ0n) is 9.30. The highest BCUT2D eigenvalue weighted by Gasteiger charge is 2.11. The third-order valence-corrected chi connectivity index (χ3v) is 2.59. The normalized spacial score (nSPS) is 12.9. The average molecular weight is 192 g/mol. The first-order chi connectivity index (χ1) is 6.56. The van der Waals surface area contributed by atoms with Crippen LogP contribution in [0.15, 0.2) is 12.1 Å². The molecule has 2 heteroatoms. The Balaban J connectivity index is 3.07. The molecule has 0 aliphatic heterocycles. The van der Waals surface area contributed by atoms with Crippen LogP contribution >= 0.6 is 0 Å². The Morgan fingerprint density at radius 3 is 2.07 bits per heavy atom. The summed E-state index contributed by atoms with van der Waals surface area (Å²) in [6.45, 7) is 6.99. The molecule has 0 amide bonds. The van der Waals surface area contributed by atoms with E-state index in [9.17, 15) is 0 Å². The van der Waals surface area contributed by atoms with Crippen LogP contribution < -0.4 is 11.5 Å². The Labute approximate surface area is 86.3 Å². The number of aryl methyl sites for hydroxylation is 3. The molecule has 0 saturated carbocycles. The highest BCUT2D eigenvalue weighted by Crippen LogP contribution is 2.23. The van der Waals surface area contributed by atoms with Gasteiger partial charge in [0.25, 0.3) is 0 Å². The number of hydrogen-bond donors (Lipinski definition) is 2. The molecule has 0 aliphatic carbocycles. The van der Waals surface area contributed by atoms with Gasteiger partial charge in [-0.2, -0.15) is 0 Å². The third-order valence-electron chi connectivity index (χ3n) is 2.59. The SMILES string of the molecule is Cc1cc(C)c(C(N)CCN)c(C)c1. The standard InChI is InChI=1S/C12H20N2/c1-8-6-9(2)12(10(3)7-8)11(14)4-5-13/h6-7,11H,4-5,13-14H2,1-3H3. The molecule has 1 rings (SSSR count). The smallest absolute Gasteiger partial charge is 0.0312 e. The molecule has 78 valence electrons. The summed E-state index contributed by atoms with van der Waals surface area (Å²) >= 11 is 0. The van der Waals surface area contributed by atoms with Gasteiger partial charge in [0.2, 0.25) is 0 Å². The van der Waals surface area contributed by atoms with E-state index in [1.165, 1.54) is 22.3 Å². The number of rotatable bonds is 3. The second-order valence-electron chi connectivity index (χ2n) is 4.00. The van der Waals surface area contributed by atoms with Crippen LogP contribution in [0.2, 0.25) is 0 Å². The minimum absolute atomic E-state index is 0.0839. The van der Waals surface area contributed by atoms with Gasteiger partial charge < -0.3 is 11.5 Å². The second kappa shape index (κ2) is 4.58. The van der Waals surface area contributed by atoms with E-state index in [1.807, 2.05) is 0 Å². The van der Waals surface area contributed by atoms with Crippen molar-refractivity contribution in [3.05, 3.63) is 34.4 Å². The van der Waals surface area contributed by atoms with Gasteiger partial charge in [-0.05, 0) is 50.4 Å². The lowest BCUT2D eigenvalue weighted by molar-refractivity contribution is 0.653. The molecule has 0 heterocycles. The van der Waals surface area contributed by atoms with Gasteiger partial charge in [0.15, 0.2) is 0 Å². The lowest BCUT2D eigenvalue weighted by atomic mass is 9.93. The zero-order valence-corrected chi connectivity index (χ0v) is 9.30. The fourth-order valence-corrected chi connectivity index (χ4v) is 2.10. The second-order valence-corrected chi connectivity index (χ2v) is 4.00. The largest absolute Gasteiger partial charge is 0.330 e. The Kier molecular flexibility index (Phi) is 3.67. The molecule has 1 atom stereocenters. The number of hydrogen-bond acceptors (Lipinski definition) is 2. The predicted octanol–water partition coefficient (Wildman–Crippen LogP) is 1.96. The van der Waals surface area contributed by atoms with E-state index in [0.717, 1.165) is 6.42 Å². The van der Waals surface area contributed by atoms with Crippen molar-refractivity contribution in [1.29, 1.82) is 0 Å². The first-order valence-corrected chi connectivity index (χ1v) is 5.09. The van der Waals surface area contributed by atoms with Crippen molar-refractivity contribution < 1.29 is 0 Å². The molecule has 0 fully saturated rings. The minimum atomic E-state index is 0.0839. The quantitative estimate of drug-likeness (QED) is 0.769. The molecule has 14 heavy (non-hydrogen) atoms. The maximum absolute atomic E-state index is 6.08. The molecular weight excluding hydrogens is 172 g/mol. The fraction of sp³-hybridized carbons (Fsp3) is 0.500. The van der Waals surface area contributed by atoms with Crippen LogP contribution in [-0.2, 0) is 0 Å². The topological polar surface area (TPSA) is 52.0 Å². The lowest BCUT2D eigenvalue weighted by Gasteiger charge is -2.17. The van der Waals surface area contributed by atoms with Crippen LogP contribution in [0, 0.1) is 20.8 Å². The summed E-state index contributed by atoms with van der Waals surface area (Å²) < 4.78 is 0. The molecule has 0 radical (unpaired) electrons. The molecule has 1 aromatic carbocycles. The van der Waals surface area contributed by atoms with Crippen LogP contribution in [0.3, 0.4) is 0 Å². The van der Waals surface area contributed by atoms with Crippen molar-refractivity contribution in [2.45, 2.75) is 33.2 Å². The molecule has 2 nitrogen and oxygen atoms in total. The summed E-state index contributed by atoms with van der Waals surface area (Å²) in [6.07, 6.45) is 0.852. The Hall–Kier alpha value is -0.860. The van der Waals surface area contributed by atoms with E-state index < -0.39 is 0 Å². The summed E-state index contributed by atoms with van der Waals surface area (Å²) in [6, 6.07) is 4.44. The molecule has 0 spiro atoms. The lowest BCUT2D eigenvalue weighted by Crippen LogP contribution is -2.17. The van der Waals surface area contributed by atoms with E-state index in [2.05, 4.69) is 32.9 Å². The van der Waals surface area contributed by atoms with Crippen molar-refractivity contribution in [3.63, 3.8) is 0 Å². The van der Waals surface area contributed by atoms with Gasteiger partial charge in [-0.15, -0.1) is 0 Å².